The van der Waals surface area contributed by atoms with Gasteiger partial charge in [-0.2, -0.15) is 0 Å². The minimum Gasteiger partial charge on any atom is -0.374 e. The summed E-state index contributed by atoms with van der Waals surface area (Å²) in [7, 11) is 0. The fourth-order valence-electron chi connectivity index (χ4n) is 7.15. The van der Waals surface area contributed by atoms with Crippen LogP contribution in [-0.2, 0) is 16.0 Å². The summed E-state index contributed by atoms with van der Waals surface area (Å²) in [6.07, 6.45) is 13.3. The van der Waals surface area contributed by atoms with E-state index in [1.165, 1.54) is 41.5 Å². The molecule has 0 amide bonds. The molecular weight excluding hydrogens is 544 g/mol. The molecule has 0 radical (unpaired) electrons. The number of hydrogen-bond acceptors (Lipinski definition) is 4. The largest absolute Gasteiger partial charge is 0.374 e. The first-order valence-corrected chi connectivity index (χ1v) is 16.6. The van der Waals surface area contributed by atoms with Crippen LogP contribution in [0.4, 0.5) is 0 Å². The van der Waals surface area contributed by atoms with E-state index in [1.807, 2.05) is 6.92 Å². The van der Waals surface area contributed by atoms with Gasteiger partial charge in [-0.1, -0.05) is 47.0 Å². The molecule has 6 nitrogen and oxygen atoms in total. The van der Waals surface area contributed by atoms with E-state index >= 15 is 0 Å². The van der Waals surface area contributed by atoms with Gasteiger partial charge in [0.1, 0.15) is 0 Å². The lowest BCUT2D eigenvalue weighted by molar-refractivity contribution is -0.114. The third-order valence-electron chi connectivity index (χ3n) is 10.1. The van der Waals surface area contributed by atoms with Gasteiger partial charge in [-0.3, -0.25) is 9.79 Å². The lowest BCUT2D eigenvalue weighted by atomic mass is 9.86. The Hall–Kier alpha value is -3.51. The summed E-state index contributed by atoms with van der Waals surface area (Å²) in [5.41, 5.74) is 12.6. The minimum atomic E-state index is -0.0594. The Morgan fingerprint density at radius 2 is 1.80 bits per heavy atom. The number of ketones is 1. The molecule has 0 aromatic carbocycles. The second-order valence-corrected chi connectivity index (χ2v) is 13.0. The van der Waals surface area contributed by atoms with Crippen LogP contribution < -0.4 is 10.7 Å². The highest BCUT2D eigenvalue weighted by atomic mass is 16.5. The van der Waals surface area contributed by atoms with Gasteiger partial charge < -0.3 is 14.7 Å². The Bertz CT molecular complexity index is 1720. The number of carbonyl (C=O) groups is 1. The molecule has 2 unspecified atom stereocenters. The van der Waals surface area contributed by atoms with E-state index in [0.29, 0.717) is 6.42 Å². The Morgan fingerprint density at radius 3 is 2.50 bits per heavy atom. The summed E-state index contributed by atoms with van der Waals surface area (Å²) in [6.45, 7) is 22.2. The van der Waals surface area contributed by atoms with Crippen LogP contribution in [0, 0.1) is 25.7 Å². The highest BCUT2D eigenvalue weighted by Gasteiger charge is 2.35. The average Bonchev–Trinajstić information content (AvgIpc) is 3.68. The molecule has 2 N–H and O–H groups in total. The predicted octanol–water partition coefficient (Wildman–Crippen LogP) is 7.50. The molecule has 1 aliphatic carbocycles. The molecule has 5 rings (SSSR count). The molecule has 6 bridgehead atoms. The van der Waals surface area contributed by atoms with Crippen molar-refractivity contribution in [1.29, 1.82) is 0 Å². The molecule has 2 aromatic heterocycles. The number of rotatable bonds is 9. The molecule has 3 atom stereocenters. The van der Waals surface area contributed by atoms with Gasteiger partial charge in [0.15, 0.2) is 5.78 Å². The molecule has 234 valence electrons. The summed E-state index contributed by atoms with van der Waals surface area (Å²) in [5.74, 6) is 0.584. The Kier molecular flexibility index (Phi) is 9.59. The number of ether oxygens (including phenoxy) is 1. The summed E-state index contributed by atoms with van der Waals surface area (Å²) in [4.78, 5) is 30.3. The van der Waals surface area contributed by atoms with Gasteiger partial charge >= 0.3 is 0 Å². The molecule has 0 saturated carbocycles. The zero-order valence-electron chi connectivity index (χ0n) is 28.0. The zero-order chi connectivity index (χ0) is 31.7. The third-order valence-corrected chi connectivity index (χ3v) is 10.1. The number of fused-ring (bicyclic) bond motifs is 4. The number of nitrogens with one attached hydrogen (secondary N) is 2. The number of unbranched alkanes of at least 4 members (excludes halogenated alkanes) is 3. The highest BCUT2D eigenvalue weighted by molar-refractivity contribution is 6.28. The minimum absolute atomic E-state index is 0.0594. The number of aromatic amines is 2. The van der Waals surface area contributed by atoms with Gasteiger partial charge in [0.2, 0.25) is 0 Å². The molecular formula is C38H50N4O2. The van der Waals surface area contributed by atoms with Crippen LogP contribution in [0.3, 0.4) is 0 Å². The smallest absolute Gasteiger partial charge is 0.169 e. The van der Waals surface area contributed by atoms with Crippen LogP contribution in [0.2, 0.25) is 0 Å². The highest BCUT2D eigenvalue weighted by Crippen LogP contribution is 2.41. The summed E-state index contributed by atoms with van der Waals surface area (Å²) >= 11 is 0. The van der Waals surface area contributed by atoms with Crippen molar-refractivity contribution in [3.63, 3.8) is 0 Å². The standard InChI is InChI=1S/C38H50N4O2/c1-10-12-13-14-15-44-26(8)36-24(6)31-18-29(39-9)22(4)21(3)16-27-17-35(43)37-25(7)32(42-38(27)37)19-33-28(11-2)23(5)30(40-33)20-34(36)41-31/h18-22,26,40-41H,9-17H2,1-8H3/b29-18-,30-20-,33-19-/t21-,22?,26?/m1/s1. The fraction of sp³-hybridized carbons (Fsp3) is 0.500. The van der Waals surface area contributed by atoms with Crippen molar-refractivity contribution < 1.29 is 9.53 Å². The van der Waals surface area contributed by atoms with Crippen molar-refractivity contribution in [3.05, 3.63) is 72.5 Å². The van der Waals surface area contributed by atoms with E-state index in [9.17, 15) is 4.79 Å². The van der Waals surface area contributed by atoms with E-state index in [1.54, 1.807) is 0 Å². The molecule has 4 heterocycles. The second-order valence-electron chi connectivity index (χ2n) is 13.0. The number of Topliss-reactive ketones (excluding diaryl/α,β-unsaturated/α-hetero) is 1. The van der Waals surface area contributed by atoms with Gasteiger partial charge in [-0.15, -0.1) is 0 Å². The van der Waals surface area contributed by atoms with Crippen molar-refractivity contribution in [1.82, 2.24) is 9.97 Å². The maximum absolute atomic E-state index is 13.2. The first-order chi connectivity index (χ1) is 21.1. The molecule has 3 aliphatic rings. The van der Waals surface area contributed by atoms with Crippen molar-refractivity contribution in [2.75, 3.05) is 6.61 Å². The topological polar surface area (TPSA) is 82.6 Å². The van der Waals surface area contributed by atoms with E-state index in [4.69, 9.17) is 9.73 Å². The van der Waals surface area contributed by atoms with E-state index < -0.39 is 0 Å². The number of allylic oxidation sites excluding steroid dienone is 4. The lowest BCUT2D eigenvalue weighted by Gasteiger charge is -2.21. The molecule has 2 aromatic rings. The van der Waals surface area contributed by atoms with Crippen molar-refractivity contribution in [3.8, 4) is 0 Å². The van der Waals surface area contributed by atoms with Crippen LogP contribution in [-0.4, -0.2) is 34.8 Å². The maximum atomic E-state index is 13.2. The van der Waals surface area contributed by atoms with Crippen LogP contribution in [0.5, 0.6) is 0 Å². The van der Waals surface area contributed by atoms with Crippen molar-refractivity contribution >= 4 is 36.4 Å². The second kappa shape index (κ2) is 13.2. The average molecular weight is 595 g/mol. The van der Waals surface area contributed by atoms with Gasteiger partial charge in [0, 0.05) is 57.9 Å². The number of hydrogen-bond donors (Lipinski definition) is 2. The molecule has 2 aliphatic heterocycles. The Labute approximate surface area is 262 Å². The Balaban J connectivity index is 1.71. The zero-order valence-corrected chi connectivity index (χ0v) is 28.0. The first kappa shape index (κ1) is 31.9. The van der Waals surface area contributed by atoms with Crippen molar-refractivity contribution in [2.24, 2.45) is 21.8 Å². The molecule has 44 heavy (non-hydrogen) atoms. The summed E-state index contributed by atoms with van der Waals surface area (Å²) in [5, 5.41) is 2.12. The number of H-pyrrole nitrogens is 2. The number of aliphatic imine (C=N–C) groups is 2. The van der Waals surface area contributed by atoms with E-state index in [2.05, 4.69) is 88.4 Å². The summed E-state index contributed by atoms with van der Waals surface area (Å²) < 4.78 is 6.44. The molecule has 6 heteroatoms. The van der Waals surface area contributed by atoms with E-state index in [-0.39, 0.29) is 23.7 Å². The van der Waals surface area contributed by atoms with Gasteiger partial charge in [0.25, 0.3) is 0 Å². The first-order valence-electron chi connectivity index (χ1n) is 16.6. The SMILES string of the molecule is C=N/C1=C\c2[nH]c(c(C(C)OCCCCCC)c2C)/C=c2\[nH]/c(c(CC)c2C)=C\C2=NC3=C(CC(=O)C3=C2C)C[C@@H](C)C1C. The third kappa shape index (κ3) is 5.93. The normalized spacial score (nSPS) is 23.5. The van der Waals surface area contributed by atoms with Crippen molar-refractivity contribution in [2.45, 2.75) is 106 Å². The predicted molar refractivity (Wildman–Crippen MR) is 183 cm³/mol. The Morgan fingerprint density at radius 1 is 1.02 bits per heavy atom. The summed E-state index contributed by atoms with van der Waals surface area (Å²) in [6, 6.07) is 0. The van der Waals surface area contributed by atoms with Crippen LogP contribution in [0.15, 0.2) is 38.1 Å². The fourth-order valence-corrected chi connectivity index (χ4v) is 7.15. The molecule has 0 fully saturated rings. The quantitative estimate of drug-likeness (QED) is 0.233. The lowest BCUT2D eigenvalue weighted by Crippen LogP contribution is -2.15. The molecule has 0 spiro atoms. The monoisotopic (exact) mass is 594 g/mol. The van der Waals surface area contributed by atoms with Crippen LogP contribution >= 0.6 is 0 Å². The van der Waals surface area contributed by atoms with Crippen LogP contribution in [0.25, 0.3) is 18.2 Å². The molecule has 0 saturated heterocycles. The van der Waals surface area contributed by atoms with Crippen LogP contribution in [0.1, 0.15) is 120 Å². The van der Waals surface area contributed by atoms with Gasteiger partial charge in [0.05, 0.1) is 17.5 Å². The van der Waals surface area contributed by atoms with E-state index in [0.717, 1.165) is 81.8 Å². The van der Waals surface area contributed by atoms with Gasteiger partial charge in [-0.25, -0.2) is 4.99 Å². The number of nitrogens with zero attached hydrogens (tertiary/aromatic N) is 2. The van der Waals surface area contributed by atoms with Gasteiger partial charge in [-0.05, 0) is 106 Å². The number of carbonyl (C=O) groups excluding carboxylic acids is 1. The maximum Gasteiger partial charge on any atom is 0.169 e. The number of aromatic nitrogens is 2.